The Morgan fingerprint density at radius 1 is 0.553 bits per heavy atom. The fraction of sp³-hybridized carbons (Fsp3) is 0.870. The van der Waals surface area contributed by atoms with Crippen LogP contribution >= 0.6 is 0 Å². The lowest BCUT2D eigenvalue weighted by atomic mass is 9.88. The maximum absolute atomic E-state index is 14.0. The van der Waals surface area contributed by atoms with Crippen molar-refractivity contribution in [1.82, 2.24) is 0 Å². The van der Waals surface area contributed by atoms with E-state index in [0.29, 0.717) is 12.7 Å². The highest BCUT2D eigenvalue weighted by Crippen LogP contribution is 2.64. The highest BCUT2D eigenvalue weighted by molar-refractivity contribution is 5.81. The summed E-state index contributed by atoms with van der Waals surface area (Å²) in [6.45, 7) is -0.00947. The number of rotatable bonds is 24. The summed E-state index contributed by atoms with van der Waals surface area (Å²) in [7, 11) is 1.44. The number of halogens is 17. The van der Waals surface area contributed by atoms with Gasteiger partial charge in [-0.05, 0) is 0 Å². The van der Waals surface area contributed by atoms with E-state index in [9.17, 15) is 79.4 Å². The molecule has 0 radical (unpaired) electrons. The third-order valence-electron chi connectivity index (χ3n) is 5.58. The number of carbonyl (C=O) groups excluding carboxylic acids is 1. The second kappa shape index (κ2) is 17.0. The SMILES string of the molecule is C=CC(=O)OC(COCCOCCOCCOC)COCCC(F)(F)C(F)(F)C(F)(F)C(F)(F)C(F)(F)C(F)(F)C(F)(F)C(F)(F)F. The van der Waals surface area contributed by atoms with Crippen molar-refractivity contribution in [3.8, 4) is 0 Å². The van der Waals surface area contributed by atoms with E-state index in [4.69, 9.17) is 18.9 Å². The molecule has 0 saturated heterocycles. The van der Waals surface area contributed by atoms with Gasteiger partial charge in [0.2, 0.25) is 0 Å². The van der Waals surface area contributed by atoms with Crippen molar-refractivity contribution in [2.24, 2.45) is 0 Å². The molecule has 0 saturated carbocycles. The van der Waals surface area contributed by atoms with E-state index >= 15 is 0 Å². The van der Waals surface area contributed by atoms with E-state index in [1.165, 1.54) is 7.11 Å². The maximum atomic E-state index is 14.0. The Morgan fingerprint density at radius 2 is 0.915 bits per heavy atom. The minimum atomic E-state index is -8.70. The molecule has 0 rings (SSSR count). The fourth-order valence-electron chi connectivity index (χ4n) is 2.89. The Bertz CT molecular complexity index is 974. The highest BCUT2D eigenvalue weighted by atomic mass is 19.4. The maximum Gasteiger partial charge on any atom is 0.460 e. The van der Waals surface area contributed by atoms with Gasteiger partial charge in [-0.1, -0.05) is 6.58 Å². The number of esters is 1. The lowest BCUT2D eigenvalue weighted by Gasteiger charge is -2.42. The first kappa shape index (κ1) is 44.8. The van der Waals surface area contributed by atoms with E-state index in [1.807, 2.05) is 0 Å². The Morgan fingerprint density at radius 3 is 1.32 bits per heavy atom. The molecule has 0 heterocycles. The first-order chi connectivity index (χ1) is 21.1. The van der Waals surface area contributed by atoms with Crippen molar-refractivity contribution >= 4 is 5.97 Å². The third-order valence-corrected chi connectivity index (χ3v) is 5.58. The number of methoxy groups -OCH3 is 1. The monoisotopic (exact) mass is 738 g/mol. The molecule has 1 unspecified atom stereocenters. The van der Waals surface area contributed by atoms with E-state index in [-0.39, 0.29) is 33.0 Å². The summed E-state index contributed by atoms with van der Waals surface area (Å²) in [5, 5.41) is 0. The molecule has 47 heavy (non-hydrogen) atoms. The van der Waals surface area contributed by atoms with Crippen molar-refractivity contribution in [2.75, 3.05) is 66.6 Å². The molecule has 0 aromatic carbocycles. The summed E-state index contributed by atoms with van der Waals surface area (Å²) in [5.41, 5.74) is 0. The lowest BCUT2D eigenvalue weighted by Crippen LogP contribution is -2.74. The molecule has 0 spiro atoms. The second-order valence-corrected chi connectivity index (χ2v) is 9.03. The van der Waals surface area contributed by atoms with Crippen LogP contribution in [0.5, 0.6) is 0 Å². The van der Waals surface area contributed by atoms with Gasteiger partial charge in [-0.2, -0.15) is 74.6 Å². The van der Waals surface area contributed by atoms with Gasteiger partial charge in [0.15, 0.2) is 0 Å². The molecule has 7 nitrogen and oxygen atoms in total. The zero-order valence-corrected chi connectivity index (χ0v) is 23.7. The molecule has 0 aromatic heterocycles. The van der Waals surface area contributed by atoms with Crippen LogP contribution in [0.1, 0.15) is 6.42 Å². The summed E-state index contributed by atoms with van der Waals surface area (Å²) < 4.78 is 256. The molecule has 0 aliphatic heterocycles. The first-order valence-corrected chi connectivity index (χ1v) is 12.5. The number of carbonyl (C=O) groups is 1. The van der Waals surface area contributed by atoms with Gasteiger partial charge in [-0.15, -0.1) is 0 Å². The van der Waals surface area contributed by atoms with Gasteiger partial charge in [0.1, 0.15) is 6.10 Å². The Balaban J connectivity index is 5.49. The van der Waals surface area contributed by atoms with Crippen LogP contribution in [0.15, 0.2) is 12.7 Å². The van der Waals surface area contributed by atoms with Crippen molar-refractivity contribution in [3.63, 3.8) is 0 Å². The zero-order valence-electron chi connectivity index (χ0n) is 23.7. The van der Waals surface area contributed by atoms with Gasteiger partial charge < -0.3 is 28.4 Å². The molecule has 0 aliphatic rings. The molecule has 0 amide bonds. The quantitative estimate of drug-likeness (QED) is 0.0506. The smallest absolute Gasteiger partial charge is 0.454 e. The third kappa shape index (κ3) is 10.2. The summed E-state index contributed by atoms with van der Waals surface area (Å²) >= 11 is 0. The van der Waals surface area contributed by atoms with Crippen molar-refractivity contribution in [2.45, 2.75) is 60.2 Å². The lowest BCUT2D eigenvalue weighted by molar-refractivity contribution is -0.462. The van der Waals surface area contributed by atoms with Crippen LogP contribution in [0, 0.1) is 0 Å². The topological polar surface area (TPSA) is 72.5 Å². The average molecular weight is 738 g/mol. The molecule has 0 fully saturated rings. The largest absolute Gasteiger partial charge is 0.460 e. The van der Waals surface area contributed by atoms with Gasteiger partial charge in [0.05, 0.1) is 59.5 Å². The van der Waals surface area contributed by atoms with Crippen molar-refractivity contribution in [3.05, 3.63) is 12.7 Å². The molecule has 0 N–H and O–H groups in total. The Labute approximate surface area is 254 Å². The van der Waals surface area contributed by atoms with Gasteiger partial charge in [-0.3, -0.25) is 0 Å². The fourth-order valence-corrected chi connectivity index (χ4v) is 2.89. The van der Waals surface area contributed by atoms with E-state index in [2.05, 4.69) is 16.1 Å². The van der Waals surface area contributed by atoms with E-state index in [1.54, 1.807) is 0 Å². The van der Waals surface area contributed by atoms with E-state index < -0.39 is 85.9 Å². The minimum Gasteiger partial charge on any atom is -0.454 e. The molecular formula is C23H27F17O7. The van der Waals surface area contributed by atoms with Crippen LogP contribution in [0.3, 0.4) is 0 Å². The van der Waals surface area contributed by atoms with Crippen LogP contribution in [0.2, 0.25) is 0 Å². The predicted molar refractivity (Wildman–Crippen MR) is 121 cm³/mol. The molecule has 0 aromatic rings. The second-order valence-electron chi connectivity index (χ2n) is 9.03. The van der Waals surface area contributed by atoms with Crippen LogP contribution in [0.25, 0.3) is 0 Å². The highest BCUT2D eigenvalue weighted by Gasteiger charge is 2.95. The molecular weight excluding hydrogens is 711 g/mol. The minimum absolute atomic E-state index is 0.0877. The predicted octanol–water partition coefficient (Wildman–Crippen LogP) is 6.20. The van der Waals surface area contributed by atoms with Crippen LogP contribution < -0.4 is 0 Å². The Kier molecular flexibility index (Phi) is 16.2. The van der Waals surface area contributed by atoms with Gasteiger partial charge >= 0.3 is 53.6 Å². The summed E-state index contributed by atoms with van der Waals surface area (Å²) in [5.74, 6) is -58.2. The molecule has 280 valence electrons. The van der Waals surface area contributed by atoms with E-state index in [0.717, 1.165) is 0 Å². The normalized spacial score (nSPS) is 15.1. The first-order valence-electron chi connectivity index (χ1n) is 12.5. The van der Waals surface area contributed by atoms with Crippen molar-refractivity contribution in [1.29, 1.82) is 0 Å². The molecule has 1 atom stereocenters. The van der Waals surface area contributed by atoms with Gasteiger partial charge in [-0.25, -0.2) is 4.79 Å². The summed E-state index contributed by atoms with van der Waals surface area (Å²) in [4.78, 5) is 11.4. The van der Waals surface area contributed by atoms with Gasteiger partial charge in [0, 0.05) is 19.6 Å². The summed E-state index contributed by atoms with van der Waals surface area (Å²) in [6.07, 6.45) is -11.6. The van der Waals surface area contributed by atoms with Crippen LogP contribution in [0.4, 0.5) is 74.6 Å². The number of ether oxygens (including phenoxy) is 6. The number of hydrogen-bond acceptors (Lipinski definition) is 7. The molecule has 24 heteroatoms. The Hall–Kier alpha value is -2.18. The number of alkyl halides is 17. The van der Waals surface area contributed by atoms with Crippen LogP contribution in [-0.2, 0) is 33.2 Å². The number of hydrogen-bond donors (Lipinski definition) is 0. The average Bonchev–Trinajstić information content (AvgIpc) is 2.94. The molecule has 0 aliphatic carbocycles. The zero-order chi connectivity index (χ0) is 37.2. The van der Waals surface area contributed by atoms with Gasteiger partial charge in [0.25, 0.3) is 0 Å². The van der Waals surface area contributed by atoms with Crippen LogP contribution in [-0.4, -0.2) is 126 Å². The summed E-state index contributed by atoms with van der Waals surface area (Å²) in [6, 6.07) is 0. The molecule has 0 bridgehead atoms. The standard InChI is InChI=1S/C23H27F17O7/c1-3-15(41)47-14(13-46-11-10-44-9-8-43-7-6-42-2)12-45-5-4-16(24,25)17(26,27)18(28,29)19(30,31)20(32,33)21(34,35)22(36,37)23(38,39)40/h3,14H,1,4-13H2,2H3. The van der Waals surface area contributed by atoms with Crippen molar-refractivity contribution < 1.29 is 108 Å².